The first kappa shape index (κ1) is 10.6. The zero-order chi connectivity index (χ0) is 13.0. The molecule has 0 unspecified atom stereocenters. The minimum absolute atomic E-state index is 0.126. The largest absolute Gasteiger partial charge is 0.506 e. The Bertz CT molecular complexity index is 660. The Morgan fingerprint density at radius 3 is 1.67 bits per heavy atom. The molecule has 2 amide bonds. The van der Waals surface area contributed by atoms with Crippen LogP contribution in [0.3, 0.4) is 0 Å². The smallest absolute Gasteiger partial charge is 0.265 e. The van der Waals surface area contributed by atoms with Gasteiger partial charge in [0.25, 0.3) is 11.8 Å². The third kappa shape index (κ3) is 1.05. The molecule has 1 aliphatic heterocycles. The van der Waals surface area contributed by atoms with Crippen LogP contribution in [-0.4, -0.2) is 34.0 Å². The van der Waals surface area contributed by atoms with Gasteiger partial charge in [-0.2, -0.15) is 0 Å². The number of benzene rings is 2. The van der Waals surface area contributed by atoms with E-state index in [4.69, 9.17) is 0 Å². The third-order valence-corrected chi connectivity index (χ3v) is 3.20. The van der Waals surface area contributed by atoms with E-state index >= 15 is 0 Å². The van der Waals surface area contributed by atoms with Crippen LogP contribution >= 0.6 is 0 Å². The number of nitrogens with zero attached hydrogens (tertiary/aromatic N) is 1. The molecule has 1 aliphatic rings. The normalized spacial score (nSPS) is 14.4. The van der Waals surface area contributed by atoms with E-state index in [1.165, 1.54) is 7.05 Å². The Kier molecular flexibility index (Phi) is 1.90. The second-order valence-electron chi connectivity index (χ2n) is 4.16. The van der Waals surface area contributed by atoms with Crippen LogP contribution in [-0.2, 0) is 0 Å². The molecule has 2 aromatic rings. The Balaban J connectivity index is 2.55. The average Bonchev–Trinajstić information content (AvgIpc) is 2.61. The minimum Gasteiger partial charge on any atom is -0.506 e. The zero-order valence-electron chi connectivity index (χ0n) is 9.47. The Hall–Kier alpha value is -2.56. The van der Waals surface area contributed by atoms with Gasteiger partial charge in [-0.1, -0.05) is 24.3 Å². The summed E-state index contributed by atoms with van der Waals surface area (Å²) in [5.41, 5.74) is -0.252. The number of aromatic hydroxyl groups is 2. The summed E-state index contributed by atoms with van der Waals surface area (Å²) in [6.45, 7) is 0. The fourth-order valence-corrected chi connectivity index (χ4v) is 2.25. The number of hydrogen-bond donors (Lipinski definition) is 2. The van der Waals surface area contributed by atoms with Crippen molar-refractivity contribution >= 4 is 22.6 Å². The van der Waals surface area contributed by atoms with E-state index in [0.29, 0.717) is 10.8 Å². The van der Waals surface area contributed by atoms with Crippen molar-refractivity contribution < 1.29 is 19.8 Å². The van der Waals surface area contributed by atoms with Gasteiger partial charge in [0.05, 0.1) is 11.1 Å². The maximum Gasteiger partial charge on any atom is 0.265 e. The van der Waals surface area contributed by atoms with Gasteiger partial charge in [-0.25, -0.2) is 0 Å². The van der Waals surface area contributed by atoms with E-state index in [9.17, 15) is 19.8 Å². The molecule has 0 aliphatic carbocycles. The molecular formula is C13H9NO4. The zero-order valence-corrected chi connectivity index (χ0v) is 9.47. The summed E-state index contributed by atoms with van der Waals surface area (Å²) in [7, 11) is 1.31. The molecule has 5 nitrogen and oxygen atoms in total. The molecule has 0 radical (unpaired) electrons. The average molecular weight is 243 g/mol. The predicted molar refractivity (Wildman–Crippen MR) is 63.7 cm³/mol. The number of amides is 2. The van der Waals surface area contributed by atoms with Gasteiger partial charge in [-0.05, 0) is 0 Å². The summed E-state index contributed by atoms with van der Waals surface area (Å²) in [5, 5.41) is 20.9. The van der Waals surface area contributed by atoms with Crippen LogP contribution in [0.25, 0.3) is 10.8 Å². The molecule has 2 N–H and O–H groups in total. The van der Waals surface area contributed by atoms with E-state index in [2.05, 4.69) is 0 Å². The summed E-state index contributed by atoms with van der Waals surface area (Å²) in [6.07, 6.45) is 0. The van der Waals surface area contributed by atoms with Gasteiger partial charge in [-0.15, -0.1) is 0 Å². The number of rotatable bonds is 0. The van der Waals surface area contributed by atoms with E-state index < -0.39 is 11.8 Å². The van der Waals surface area contributed by atoms with Crippen molar-refractivity contribution in [2.75, 3.05) is 7.05 Å². The van der Waals surface area contributed by atoms with Gasteiger partial charge in [0.15, 0.2) is 0 Å². The van der Waals surface area contributed by atoms with Crippen LogP contribution in [0.4, 0.5) is 0 Å². The minimum atomic E-state index is -0.603. The first-order chi connectivity index (χ1) is 8.54. The van der Waals surface area contributed by atoms with Crippen LogP contribution in [0.1, 0.15) is 20.7 Å². The first-order valence-corrected chi connectivity index (χ1v) is 5.33. The summed E-state index contributed by atoms with van der Waals surface area (Å²) in [5.74, 6) is -1.73. The Morgan fingerprint density at radius 1 is 0.889 bits per heavy atom. The summed E-state index contributed by atoms with van der Waals surface area (Å²) < 4.78 is 0. The number of carbonyl (C=O) groups is 2. The maximum atomic E-state index is 11.9. The molecular weight excluding hydrogens is 234 g/mol. The number of phenols is 2. The molecule has 5 heteroatoms. The third-order valence-electron chi connectivity index (χ3n) is 3.20. The molecule has 0 saturated heterocycles. The summed E-state index contributed by atoms with van der Waals surface area (Å²) >= 11 is 0. The summed E-state index contributed by atoms with van der Waals surface area (Å²) in [6, 6.07) is 6.53. The van der Waals surface area contributed by atoms with E-state index in [1.54, 1.807) is 24.3 Å². The van der Waals surface area contributed by atoms with Crippen molar-refractivity contribution in [2.24, 2.45) is 0 Å². The highest BCUT2D eigenvalue weighted by Crippen LogP contribution is 2.43. The lowest BCUT2D eigenvalue weighted by atomic mass is 9.99. The molecule has 1 heterocycles. The van der Waals surface area contributed by atoms with Crippen LogP contribution in [0.15, 0.2) is 24.3 Å². The molecule has 0 bridgehead atoms. The maximum absolute atomic E-state index is 11.9. The lowest BCUT2D eigenvalue weighted by Crippen LogP contribution is -2.24. The van der Waals surface area contributed by atoms with Crippen molar-refractivity contribution in [1.29, 1.82) is 0 Å². The SMILES string of the molecule is CN1C(=O)c2c(c(O)c3ccccc3c2O)C1=O. The number of phenolic OH excluding ortho intramolecular Hbond substituents is 2. The molecule has 0 atom stereocenters. The molecule has 0 fully saturated rings. The Morgan fingerprint density at radius 2 is 1.28 bits per heavy atom. The van der Waals surface area contributed by atoms with E-state index in [-0.39, 0.29) is 22.6 Å². The van der Waals surface area contributed by atoms with Crippen molar-refractivity contribution in [3.8, 4) is 11.5 Å². The van der Waals surface area contributed by atoms with Crippen LogP contribution in [0.2, 0.25) is 0 Å². The second-order valence-corrected chi connectivity index (χ2v) is 4.16. The van der Waals surface area contributed by atoms with Gasteiger partial charge >= 0.3 is 0 Å². The number of fused-ring (bicyclic) bond motifs is 2. The van der Waals surface area contributed by atoms with Crippen molar-refractivity contribution in [3.05, 3.63) is 35.4 Å². The van der Waals surface area contributed by atoms with Gasteiger partial charge < -0.3 is 10.2 Å². The lowest BCUT2D eigenvalue weighted by Gasteiger charge is -2.07. The predicted octanol–water partition coefficient (Wildman–Crippen LogP) is 1.48. The van der Waals surface area contributed by atoms with Crippen molar-refractivity contribution in [1.82, 2.24) is 4.90 Å². The molecule has 0 aromatic heterocycles. The summed E-state index contributed by atoms with van der Waals surface area (Å²) in [4.78, 5) is 24.6. The van der Waals surface area contributed by atoms with Crippen LogP contribution < -0.4 is 0 Å². The van der Waals surface area contributed by atoms with Gasteiger partial charge in [0, 0.05) is 17.8 Å². The van der Waals surface area contributed by atoms with Crippen molar-refractivity contribution in [2.45, 2.75) is 0 Å². The van der Waals surface area contributed by atoms with Crippen molar-refractivity contribution in [3.63, 3.8) is 0 Å². The van der Waals surface area contributed by atoms with Crippen LogP contribution in [0, 0.1) is 0 Å². The molecule has 0 spiro atoms. The molecule has 3 rings (SSSR count). The molecule has 90 valence electrons. The highest BCUT2D eigenvalue weighted by Gasteiger charge is 2.39. The van der Waals surface area contributed by atoms with Gasteiger partial charge in [0.1, 0.15) is 11.5 Å². The topological polar surface area (TPSA) is 77.8 Å². The number of hydrogen-bond acceptors (Lipinski definition) is 4. The van der Waals surface area contributed by atoms with E-state index in [1.807, 2.05) is 0 Å². The van der Waals surface area contributed by atoms with Gasteiger partial charge in [-0.3, -0.25) is 14.5 Å². The van der Waals surface area contributed by atoms with E-state index in [0.717, 1.165) is 4.90 Å². The monoisotopic (exact) mass is 243 g/mol. The Labute approximate surface area is 102 Å². The lowest BCUT2D eigenvalue weighted by molar-refractivity contribution is 0.0692. The number of carbonyl (C=O) groups excluding carboxylic acids is 2. The van der Waals surface area contributed by atoms with Crippen LogP contribution in [0.5, 0.6) is 11.5 Å². The number of imide groups is 1. The second kappa shape index (κ2) is 3.22. The fraction of sp³-hybridized carbons (Fsp3) is 0.0769. The highest BCUT2D eigenvalue weighted by atomic mass is 16.3. The molecule has 0 saturated carbocycles. The highest BCUT2D eigenvalue weighted by molar-refractivity contribution is 6.26. The quantitative estimate of drug-likeness (QED) is 0.542. The van der Waals surface area contributed by atoms with Gasteiger partial charge in [0.2, 0.25) is 0 Å². The molecule has 2 aromatic carbocycles. The first-order valence-electron chi connectivity index (χ1n) is 5.33. The molecule has 18 heavy (non-hydrogen) atoms. The fourth-order valence-electron chi connectivity index (χ4n) is 2.25. The standard InChI is InChI=1S/C13H9NO4/c1-14-12(17)8-9(13(14)18)11(16)7-5-3-2-4-6(7)10(8)15/h2-5,15-16H,1H3.